The van der Waals surface area contributed by atoms with Crippen molar-refractivity contribution in [1.82, 2.24) is 10.2 Å². The van der Waals surface area contributed by atoms with Gasteiger partial charge in [-0.1, -0.05) is 30.3 Å². The summed E-state index contributed by atoms with van der Waals surface area (Å²) in [5, 5.41) is 2.91. The second-order valence-corrected chi connectivity index (χ2v) is 9.49. The Labute approximate surface area is 209 Å². The van der Waals surface area contributed by atoms with Crippen molar-refractivity contribution in [3.8, 4) is 0 Å². The molecule has 0 bridgehead atoms. The molecule has 5 nitrogen and oxygen atoms in total. The fraction of sp³-hybridized carbons (Fsp3) is 0.462. The zero-order valence-corrected chi connectivity index (χ0v) is 20.0. The van der Waals surface area contributed by atoms with Gasteiger partial charge in [-0.05, 0) is 49.1 Å². The summed E-state index contributed by atoms with van der Waals surface area (Å²) in [6, 6.07) is 9.35. The minimum Gasteiger partial charge on any atom is -0.371 e. The Morgan fingerprint density at radius 2 is 1.62 bits per heavy atom. The standard InChI is InChI=1S/C26H26F6N2O3/c1-16(17-11-19(25(27,28)29)13-20(12-17)26(30,31)32)37-15-24(18-7-3-2-4-8-18)14-21(23(36)33-24)34-10-6-5-9-22(34)35/h2-4,7-8,11-13,16,21H,5-6,9-10,14-15H2,1H3,(H,33,36)/t16-,21+,24-/m1/s1. The Bertz CT molecular complexity index is 1120. The Morgan fingerprint density at radius 3 is 2.19 bits per heavy atom. The average molecular weight is 528 g/mol. The lowest BCUT2D eigenvalue weighted by Gasteiger charge is -2.33. The molecule has 37 heavy (non-hydrogen) atoms. The molecule has 0 spiro atoms. The monoisotopic (exact) mass is 528 g/mol. The van der Waals surface area contributed by atoms with Crippen LogP contribution in [-0.4, -0.2) is 35.9 Å². The normalized spacial score (nSPS) is 23.8. The largest absolute Gasteiger partial charge is 0.416 e. The first kappa shape index (κ1) is 27.0. The van der Waals surface area contributed by atoms with E-state index in [1.807, 2.05) is 0 Å². The van der Waals surface area contributed by atoms with Crippen LogP contribution in [0.1, 0.15) is 61.0 Å². The van der Waals surface area contributed by atoms with Crippen LogP contribution in [0.4, 0.5) is 26.3 Å². The number of rotatable bonds is 6. The fourth-order valence-electron chi connectivity index (χ4n) is 4.90. The number of ether oxygens (including phenoxy) is 1. The molecule has 2 heterocycles. The van der Waals surface area contributed by atoms with E-state index in [0.29, 0.717) is 30.7 Å². The van der Waals surface area contributed by atoms with Gasteiger partial charge in [-0.25, -0.2) is 0 Å². The van der Waals surface area contributed by atoms with Crippen LogP contribution in [-0.2, 0) is 32.2 Å². The summed E-state index contributed by atoms with van der Waals surface area (Å²) in [6.45, 7) is 1.57. The number of benzene rings is 2. The van der Waals surface area contributed by atoms with Crippen LogP contribution >= 0.6 is 0 Å². The van der Waals surface area contributed by atoms with Crippen molar-refractivity contribution >= 4 is 11.8 Å². The number of halogens is 6. The van der Waals surface area contributed by atoms with Gasteiger partial charge in [0.05, 0.1) is 29.4 Å². The van der Waals surface area contributed by atoms with E-state index in [1.165, 1.54) is 11.8 Å². The number of nitrogens with one attached hydrogen (secondary N) is 1. The first-order valence-electron chi connectivity index (χ1n) is 11.9. The van der Waals surface area contributed by atoms with Crippen molar-refractivity contribution < 1.29 is 40.7 Å². The van der Waals surface area contributed by atoms with Crippen LogP contribution in [0.2, 0.25) is 0 Å². The molecule has 2 fully saturated rings. The van der Waals surface area contributed by atoms with Gasteiger partial charge in [0.15, 0.2) is 0 Å². The van der Waals surface area contributed by atoms with E-state index in [9.17, 15) is 35.9 Å². The molecule has 0 unspecified atom stereocenters. The molecule has 0 aromatic heterocycles. The van der Waals surface area contributed by atoms with E-state index < -0.39 is 41.2 Å². The Hall–Kier alpha value is -3.08. The van der Waals surface area contributed by atoms with Crippen LogP contribution in [0, 0.1) is 0 Å². The zero-order chi connectivity index (χ0) is 27.0. The Morgan fingerprint density at radius 1 is 1.00 bits per heavy atom. The lowest BCUT2D eigenvalue weighted by Crippen LogP contribution is -2.46. The van der Waals surface area contributed by atoms with Gasteiger partial charge in [0.25, 0.3) is 0 Å². The predicted molar refractivity (Wildman–Crippen MR) is 121 cm³/mol. The molecule has 0 saturated carbocycles. The van der Waals surface area contributed by atoms with E-state index in [4.69, 9.17) is 4.74 Å². The molecule has 2 aromatic rings. The molecule has 0 aliphatic carbocycles. The minimum absolute atomic E-state index is 0.0686. The molecule has 4 rings (SSSR count). The molecule has 2 aromatic carbocycles. The molecule has 3 atom stereocenters. The van der Waals surface area contributed by atoms with Crippen molar-refractivity contribution in [2.45, 2.75) is 62.6 Å². The summed E-state index contributed by atoms with van der Waals surface area (Å²) in [5.41, 5.74) is -3.62. The molecular formula is C26H26F6N2O3. The van der Waals surface area contributed by atoms with E-state index in [0.717, 1.165) is 12.8 Å². The van der Waals surface area contributed by atoms with Gasteiger partial charge in [-0.15, -0.1) is 0 Å². The topological polar surface area (TPSA) is 58.6 Å². The van der Waals surface area contributed by atoms with Gasteiger partial charge >= 0.3 is 12.4 Å². The number of alkyl halides is 6. The van der Waals surface area contributed by atoms with Crippen LogP contribution in [0.15, 0.2) is 48.5 Å². The van der Waals surface area contributed by atoms with Gasteiger partial charge in [-0.3, -0.25) is 9.59 Å². The maximum Gasteiger partial charge on any atom is 0.416 e. The van der Waals surface area contributed by atoms with Gasteiger partial charge in [-0.2, -0.15) is 26.3 Å². The summed E-state index contributed by atoms with van der Waals surface area (Å²) in [5.74, 6) is -0.512. The third-order valence-electron chi connectivity index (χ3n) is 6.93. The van der Waals surface area contributed by atoms with Crippen LogP contribution < -0.4 is 5.32 Å². The highest BCUT2D eigenvalue weighted by molar-refractivity contribution is 5.90. The molecule has 1 N–H and O–H groups in total. The average Bonchev–Trinajstić information content (AvgIpc) is 3.19. The molecule has 11 heteroatoms. The van der Waals surface area contributed by atoms with E-state index in [1.54, 1.807) is 30.3 Å². The molecule has 0 radical (unpaired) electrons. The zero-order valence-electron chi connectivity index (χ0n) is 20.0. The first-order chi connectivity index (χ1) is 17.3. The fourth-order valence-corrected chi connectivity index (χ4v) is 4.90. The molecule has 200 valence electrons. The lowest BCUT2D eigenvalue weighted by atomic mass is 9.87. The predicted octanol–water partition coefficient (Wildman–Crippen LogP) is 5.60. The number of nitrogens with zero attached hydrogens (tertiary/aromatic N) is 1. The number of likely N-dealkylation sites (tertiary alicyclic amines) is 1. The minimum atomic E-state index is -4.98. The molecule has 2 saturated heterocycles. The third kappa shape index (κ3) is 5.76. The van der Waals surface area contributed by atoms with E-state index in [2.05, 4.69) is 5.32 Å². The van der Waals surface area contributed by atoms with Crippen LogP contribution in [0.25, 0.3) is 0 Å². The number of hydrogen-bond acceptors (Lipinski definition) is 3. The van der Waals surface area contributed by atoms with Crippen molar-refractivity contribution in [1.29, 1.82) is 0 Å². The Kier molecular flexibility index (Phi) is 7.29. The van der Waals surface area contributed by atoms with Crippen molar-refractivity contribution in [3.05, 3.63) is 70.8 Å². The van der Waals surface area contributed by atoms with Crippen LogP contribution in [0.3, 0.4) is 0 Å². The second-order valence-electron chi connectivity index (χ2n) is 9.49. The summed E-state index contributed by atoms with van der Waals surface area (Å²) in [7, 11) is 0. The second kappa shape index (κ2) is 10.00. The summed E-state index contributed by atoms with van der Waals surface area (Å²) in [6.07, 6.45) is -9.11. The molecule has 2 amide bonds. The van der Waals surface area contributed by atoms with Crippen molar-refractivity contribution in [2.75, 3.05) is 13.2 Å². The summed E-state index contributed by atoms with van der Waals surface area (Å²) >= 11 is 0. The van der Waals surface area contributed by atoms with Gasteiger partial charge in [0.2, 0.25) is 11.8 Å². The number of carbonyl (C=O) groups is 2. The molecule has 2 aliphatic heterocycles. The van der Waals surface area contributed by atoms with E-state index >= 15 is 0 Å². The number of amides is 2. The summed E-state index contributed by atoms with van der Waals surface area (Å²) < 4.78 is 85.8. The van der Waals surface area contributed by atoms with Gasteiger partial charge in [0.1, 0.15) is 6.04 Å². The van der Waals surface area contributed by atoms with Gasteiger partial charge < -0.3 is 15.0 Å². The highest BCUT2D eigenvalue weighted by Gasteiger charge is 2.49. The molecular weight excluding hydrogens is 502 g/mol. The molecule has 2 aliphatic rings. The first-order valence-corrected chi connectivity index (χ1v) is 11.9. The number of piperidine rings is 1. The van der Waals surface area contributed by atoms with E-state index in [-0.39, 0.29) is 36.5 Å². The third-order valence-corrected chi connectivity index (χ3v) is 6.93. The van der Waals surface area contributed by atoms with Crippen LogP contribution in [0.5, 0.6) is 0 Å². The quantitative estimate of drug-likeness (QED) is 0.497. The lowest BCUT2D eigenvalue weighted by molar-refractivity contribution is -0.143. The Balaban J connectivity index is 1.62. The van der Waals surface area contributed by atoms with Crippen molar-refractivity contribution in [2.24, 2.45) is 0 Å². The smallest absolute Gasteiger partial charge is 0.371 e. The SMILES string of the molecule is C[C@@H](OC[C@@]1(c2ccccc2)C[C@H](N2CCCCC2=O)C(=O)N1)c1cc(C(F)(F)F)cc(C(F)(F)F)c1. The number of carbonyl (C=O) groups excluding carboxylic acids is 2. The highest BCUT2D eigenvalue weighted by Crippen LogP contribution is 2.40. The maximum atomic E-state index is 13.3. The van der Waals surface area contributed by atoms with Gasteiger partial charge in [0, 0.05) is 19.4 Å². The van der Waals surface area contributed by atoms with Crippen molar-refractivity contribution in [3.63, 3.8) is 0 Å². The highest BCUT2D eigenvalue weighted by atomic mass is 19.4. The number of hydrogen-bond donors (Lipinski definition) is 1. The summed E-state index contributed by atoms with van der Waals surface area (Å²) in [4.78, 5) is 27.0. The maximum absolute atomic E-state index is 13.3.